The van der Waals surface area contributed by atoms with Crippen LogP contribution in [0.15, 0.2) is 48.5 Å². The number of rotatable bonds is 3. The molecular formula is C20H22ClN3O2. The molecule has 26 heavy (non-hydrogen) atoms. The van der Waals surface area contributed by atoms with Crippen molar-refractivity contribution in [3.8, 4) is 5.69 Å². The summed E-state index contributed by atoms with van der Waals surface area (Å²) in [5.74, 6) is 0.685. The summed E-state index contributed by atoms with van der Waals surface area (Å²) in [6, 6.07) is 15.2. The molecule has 136 valence electrons. The highest BCUT2D eigenvalue weighted by Crippen LogP contribution is 2.29. The standard InChI is InChI=1S/C20H22ClN3O2/c1-13(22-19(25)26-20(2,3)4)18-23-17-15(21)11-8-12-16(17)24(18)14-9-6-5-7-10-14/h5-13H,1-4H3,(H,22,25). The Bertz CT molecular complexity index is 929. The van der Waals surface area contributed by atoms with E-state index in [0.29, 0.717) is 16.4 Å². The van der Waals surface area contributed by atoms with Gasteiger partial charge in [-0.05, 0) is 52.0 Å². The van der Waals surface area contributed by atoms with Crippen molar-refractivity contribution in [3.63, 3.8) is 0 Å². The first kappa shape index (κ1) is 18.3. The Labute approximate surface area is 157 Å². The SMILES string of the molecule is CC(NC(=O)OC(C)(C)C)c1nc2c(Cl)cccc2n1-c1ccccc1. The summed E-state index contributed by atoms with van der Waals surface area (Å²) in [6.45, 7) is 7.36. The third-order valence-electron chi connectivity index (χ3n) is 3.80. The van der Waals surface area contributed by atoms with Crippen LogP contribution < -0.4 is 5.32 Å². The Hall–Kier alpha value is -2.53. The molecule has 0 fully saturated rings. The molecule has 0 aliphatic heterocycles. The number of nitrogens with one attached hydrogen (secondary N) is 1. The minimum atomic E-state index is -0.563. The van der Waals surface area contributed by atoms with E-state index in [0.717, 1.165) is 11.2 Å². The maximum absolute atomic E-state index is 12.2. The van der Waals surface area contributed by atoms with Crippen LogP contribution in [0.3, 0.4) is 0 Å². The molecule has 1 aromatic heterocycles. The molecule has 3 aromatic rings. The minimum absolute atomic E-state index is 0.367. The van der Waals surface area contributed by atoms with Gasteiger partial charge in [0.1, 0.15) is 16.9 Å². The number of nitrogens with zero attached hydrogens (tertiary/aromatic N) is 2. The summed E-state index contributed by atoms with van der Waals surface area (Å²) >= 11 is 6.34. The number of para-hydroxylation sites is 2. The molecule has 1 N–H and O–H groups in total. The van der Waals surface area contributed by atoms with Gasteiger partial charge in [0.05, 0.1) is 16.6 Å². The van der Waals surface area contributed by atoms with E-state index in [1.165, 1.54) is 0 Å². The second kappa shape index (κ2) is 7.00. The molecule has 1 unspecified atom stereocenters. The highest BCUT2D eigenvalue weighted by atomic mass is 35.5. The van der Waals surface area contributed by atoms with Crippen molar-refractivity contribution in [3.05, 3.63) is 59.4 Å². The summed E-state index contributed by atoms with van der Waals surface area (Å²) < 4.78 is 7.36. The summed E-state index contributed by atoms with van der Waals surface area (Å²) in [5.41, 5.74) is 1.97. The van der Waals surface area contributed by atoms with E-state index in [-0.39, 0.29) is 6.04 Å². The van der Waals surface area contributed by atoms with E-state index < -0.39 is 11.7 Å². The first-order valence-corrected chi connectivity index (χ1v) is 8.86. The summed E-state index contributed by atoms with van der Waals surface area (Å²) in [5, 5.41) is 3.43. The van der Waals surface area contributed by atoms with Gasteiger partial charge < -0.3 is 10.1 Å². The van der Waals surface area contributed by atoms with Gasteiger partial charge >= 0.3 is 6.09 Å². The van der Waals surface area contributed by atoms with Gasteiger partial charge in [0.25, 0.3) is 0 Å². The fourth-order valence-corrected chi connectivity index (χ4v) is 2.98. The third-order valence-corrected chi connectivity index (χ3v) is 4.10. The van der Waals surface area contributed by atoms with Crippen molar-refractivity contribution < 1.29 is 9.53 Å². The summed E-state index contributed by atoms with van der Waals surface area (Å²) in [7, 11) is 0. The largest absolute Gasteiger partial charge is 0.444 e. The van der Waals surface area contributed by atoms with Crippen LogP contribution in [0.4, 0.5) is 4.79 Å². The Morgan fingerprint density at radius 3 is 2.50 bits per heavy atom. The fraction of sp³-hybridized carbons (Fsp3) is 0.300. The number of fused-ring (bicyclic) bond motifs is 1. The maximum atomic E-state index is 12.2. The van der Waals surface area contributed by atoms with Crippen molar-refractivity contribution in [2.45, 2.75) is 39.3 Å². The molecule has 6 heteroatoms. The zero-order valence-corrected chi connectivity index (χ0v) is 16.0. The quantitative estimate of drug-likeness (QED) is 0.682. The van der Waals surface area contributed by atoms with E-state index in [1.807, 2.05) is 80.8 Å². The number of halogens is 1. The van der Waals surface area contributed by atoms with Gasteiger partial charge in [-0.1, -0.05) is 35.9 Å². The second-order valence-corrected chi connectivity index (χ2v) is 7.52. The molecule has 0 aliphatic carbocycles. The Morgan fingerprint density at radius 1 is 1.15 bits per heavy atom. The highest BCUT2D eigenvalue weighted by molar-refractivity contribution is 6.35. The number of carbonyl (C=O) groups is 1. The number of amides is 1. The minimum Gasteiger partial charge on any atom is -0.444 e. The molecule has 1 heterocycles. The van der Waals surface area contributed by atoms with Gasteiger partial charge in [-0.25, -0.2) is 9.78 Å². The lowest BCUT2D eigenvalue weighted by atomic mass is 10.2. The Kier molecular flexibility index (Phi) is 4.92. The molecule has 0 spiro atoms. The molecule has 1 atom stereocenters. The fourth-order valence-electron chi connectivity index (χ4n) is 2.77. The van der Waals surface area contributed by atoms with E-state index in [4.69, 9.17) is 21.3 Å². The van der Waals surface area contributed by atoms with Gasteiger partial charge in [0, 0.05) is 5.69 Å². The number of carbonyl (C=O) groups excluding carboxylic acids is 1. The number of hydrogen-bond donors (Lipinski definition) is 1. The van der Waals surface area contributed by atoms with Crippen molar-refractivity contribution in [1.82, 2.24) is 14.9 Å². The lowest BCUT2D eigenvalue weighted by molar-refractivity contribution is 0.0505. The van der Waals surface area contributed by atoms with Crippen molar-refractivity contribution in [1.29, 1.82) is 0 Å². The topological polar surface area (TPSA) is 56.1 Å². The van der Waals surface area contributed by atoms with Crippen LogP contribution in [-0.2, 0) is 4.74 Å². The summed E-state index contributed by atoms with van der Waals surface area (Å²) in [4.78, 5) is 16.9. The molecule has 0 saturated heterocycles. The van der Waals surface area contributed by atoms with Gasteiger partial charge in [-0.15, -0.1) is 0 Å². The van der Waals surface area contributed by atoms with Crippen molar-refractivity contribution in [2.75, 3.05) is 0 Å². The normalized spacial score (nSPS) is 12.8. The first-order valence-electron chi connectivity index (χ1n) is 8.48. The van der Waals surface area contributed by atoms with Crippen molar-refractivity contribution in [2.24, 2.45) is 0 Å². The lowest BCUT2D eigenvalue weighted by Gasteiger charge is -2.22. The molecule has 5 nitrogen and oxygen atoms in total. The van der Waals surface area contributed by atoms with Crippen molar-refractivity contribution >= 4 is 28.7 Å². The molecule has 0 aliphatic rings. The highest BCUT2D eigenvalue weighted by Gasteiger charge is 2.23. The van der Waals surface area contributed by atoms with E-state index in [2.05, 4.69) is 5.32 Å². The number of imidazole rings is 1. The number of hydrogen-bond acceptors (Lipinski definition) is 3. The predicted octanol–water partition coefficient (Wildman–Crippen LogP) is 5.26. The van der Waals surface area contributed by atoms with Crippen LogP contribution in [0.1, 0.15) is 39.6 Å². The summed E-state index contributed by atoms with van der Waals surface area (Å²) in [6.07, 6.45) is -0.484. The smallest absolute Gasteiger partial charge is 0.408 e. The van der Waals surface area contributed by atoms with E-state index in [9.17, 15) is 4.79 Å². The lowest BCUT2D eigenvalue weighted by Crippen LogP contribution is -2.34. The Balaban J connectivity index is 2.05. The van der Waals surface area contributed by atoms with Crippen LogP contribution in [0.5, 0.6) is 0 Å². The average Bonchev–Trinajstić information content (AvgIpc) is 2.95. The zero-order chi connectivity index (χ0) is 18.9. The Morgan fingerprint density at radius 2 is 1.85 bits per heavy atom. The molecular weight excluding hydrogens is 350 g/mol. The van der Waals surface area contributed by atoms with Crippen LogP contribution in [-0.4, -0.2) is 21.2 Å². The monoisotopic (exact) mass is 371 g/mol. The van der Waals surface area contributed by atoms with Gasteiger partial charge in [0.15, 0.2) is 0 Å². The maximum Gasteiger partial charge on any atom is 0.408 e. The molecule has 0 saturated carbocycles. The molecule has 2 aromatic carbocycles. The van der Waals surface area contributed by atoms with Crippen LogP contribution in [0.2, 0.25) is 5.02 Å². The second-order valence-electron chi connectivity index (χ2n) is 7.12. The van der Waals surface area contributed by atoms with E-state index >= 15 is 0 Å². The predicted molar refractivity (Wildman–Crippen MR) is 104 cm³/mol. The number of aromatic nitrogens is 2. The molecule has 0 radical (unpaired) electrons. The van der Waals surface area contributed by atoms with E-state index in [1.54, 1.807) is 0 Å². The average molecular weight is 372 g/mol. The van der Waals surface area contributed by atoms with Gasteiger partial charge in [-0.3, -0.25) is 4.57 Å². The molecule has 0 bridgehead atoms. The number of benzene rings is 2. The van der Waals surface area contributed by atoms with Gasteiger partial charge in [0.2, 0.25) is 0 Å². The van der Waals surface area contributed by atoms with Crippen LogP contribution in [0, 0.1) is 0 Å². The molecule has 1 amide bonds. The number of ether oxygens (including phenoxy) is 1. The van der Waals surface area contributed by atoms with Crippen LogP contribution >= 0.6 is 11.6 Å². The number of alkyl carbamates (subject to hydrolysis) is 1. The zero-order valence-electron chi connectivity index (χ0n) is 15.3. The van der Waals surface area contributed by atoms with Crippen LogP contribution in [0.25, 0.3) is 16.7 Å². The molecule has 3 rings (SSSR count). The van der Waals surface area contributed by atoms with Gasteiger partial charge in [-0.2, -0.15) is 0 Å². The first-order chi connectivity index (χ1) is 12.3. The third kappa shape index (κ3) is 3.83.